The van der Waals surface area contributed by atoms with Crippen molar-refractivity contribution in [3.8, 4) is 0 Å². The second-order valence-corrected chi connectivity index (χ2v) is 4.11. The summed E-state index contributed by atoms with van der Waals surface area (Å²) >= 11 is 0. The zero-order chi connectivity index (χ0) is 12.8. The monoisotopic (exact) mass is 236 g/mol. The van der Waals surface area contributed by atoms with E-state index in [2.05, 4.69) is 28.9 Å². The smallest absolute Gasteiger partial charge is 0.188 e. The molecule has 0 bridgehead atoms. The molecule has 3 N–H and O–H groups in total. The molecule has 1 atom stereocenters. The van der Waals surface area contributed by atoms with E-state index in [1.54, 1.807) is 6.07 Å². The van der Waals surface area contributed by atoms with Gasteiger partial charge in [-0.25, -0.2) is 4.98 Å². The third-order valence-corrected chi connectivity index (χ3v) is 2.83. The van der Waals surface area contributed by atoms with Crippen molar-refractivity contribution in [2.45, 2.75) is 32.7 Å². The molecule has 1 unspecified atom stereocenters. The fourth-order valence-electron chi connectivity index (χ4n) is 1.65. The summed E-state index contributed by atoms with van der Waals surface area (Å²) in [6, 6.07) is 5.90. The van der Waals surface area contributed by atoms with Crippen LogP contribution in [-0.4, -0.2) is 29.1 Å². The third-order valence-electron chi connectivity index (χ3n) is 2.83. The van der Waals surface area contributed by atoms with Gasteiger partial charge in [0.2, 0.25) is 0 Å². The van der Waals surface area contributed by atoms with E-state index in [4.69, 9.17) is 10.9 Å². The molecule has 5 nitrogen and oxygen atoms in total. The lowest BCUT2D eigenvalue weighted by atomic mass is 10.2. The summed E-state index contributed by atoms with van der Waals surface area (Å²) in [7, 11) is 2.00. The molecule has 0 aromatic carbocycles. The molecule has 5 heteroatoms. The Balaban J connectivity index is 2.91. The topological polar surface area (TPSA) is 74.7 Å². The number of amidine groups is 1. The van der Waals surface area contributed by atoms with Crippen LogP contribution in [0.3, 0.4) is 0 Å². The summed E-state index contributed by atoms with van der Waals surface area (Å²) in [4.78, 5) is 6.45. The van der Waals surface area contributed by atoms with Gasteiger partial charge in [-0.3, -0.25) is 0 Å². The van der Waals surface area contributed by atoms with E-state index in [1.807, 2.05) is 19.2 Å². The van der Waals surface area contributed by atoms with Crippen LogP contribution in [0.4, 0.5) is 5.82 Å². The average molecular weight is 236 g/mol. The number of hydrogen-bond acceptors (Lipinski definition) is 4. The van der Waals surface area contributed by atoms with Crippen molar-refractivity contribution in [3.05, 3.63) is 23.9 Å². The number of aromatic nitrogens is 1. The number of pyridine rings is 1. The maximum atomic E-state index is 8.62. The van der Waals surface area contributed by atoms with E-state index in [0.29, 0.717) is 11.7 Å². The van der Waals surface area contributed by atoms with Gasteiger partial charge in [0.25, 0.3) is 0 Å². The van der Waals surface area contributed by atoms with Crippen LogP contribution in [0.25, 0.3) is 0 Å². The van der Waals surface area contributed by atoms with Crippen molar-refractivity contribution < 1.29 is 5.21 Å². The van der Waals surface area contributed by atoms with Crippen LogP contribution in [0.5, 0.6) is 0 Å². The SMILES string of the molecule is CCCC(C)N(C)c1cccc(C(N)=NO)n1. The molecule has 0 aliphatic carbocycles. The fourth-order valence-corrected chi connectivity index (χ4v) is 1.65. The molecule has 0 aliphatic heterocycles. The average Bonchev–Trinajstić information content (AvgIpc) is 2.37. The van der Waals surface area contributed by atoms with Crippen molar-refractivity contribution in [3.63, 3.8) is 0 Å². The Morgan fingerprint density at radius 3 is 2.88 bits per heavy atom. The number of nitrogens with zero attached hydrogens (tertiary/aromatic N) is 3. The van der Waals surface area contributed by atoms with Crippen molar-refractivity contribution in [2.75, 3.05) is 11.9 Å². The highest BCUT2D eigenvalue weighted by Crippen LogP contribution is 2.15. The van der Waals surface area contributed by atoms with Crippen molar-refractivity contribution in [1.29, 1.82) is 0 Å². The first-order valence-corrected chi connectivity index (χ1v) is 5.78. The Morgan fingerprint density at radius 2 is 2.29 bits per heavy atom. The molecule has 0 saturated heterocycles. The molecular weight excluding hydrogens is 216 g/mol. The molecule has 1 aromatic heterocycles. The van der Waals surface area contributed by atoms with Crippen LogP contribution in [0.1, 0.15) is 32.4 Å². The van der Waals surface area contributed by atoms with Gasteiger partial charge in [-0.15, -0.1) is 0 Å². The minimum Gasteiger partial charge on any atom is -0.409 e. The molecule has 1 rings (SSSR count). The minimum absolute atomic E-state index is 0.0309. The number of rotatable bonds is 5. The van der Waals surface area contributed by atoms with Gasteiger partial charge in [-0.05, 0) is 25.5 Å². The van der Waals surface area contributed by atoms with Gasteiger partial charge in [-0.1, -0.05) is 24.6 Å². The third kappa shape index (κ3) is 3.34. The maximum Gasteiger partial charge on any atom is 0.188 e. The van der Waals surface area contributed by atoms with Crippen LogP contribution in [0.15, 0.2) is 23.4 Å². The first-order valence-electron chi connectivity index (χ1n) is 5.78. The molecular formula is C12H20N4O. The summed E-state index contributed by atoms with van der Waals surface area (Å²) in [6.45, 7) is 4.31. The van der Waals surface area contributed by atoms with Crippen LogP contribution in [0, 0.1) is 0 Å². The van der Waals surface area contributed by atoms with E-state index in [9.17, 15) is 0 Å². The lowest BCUT2D eigenvalue weighted by molar-refractivity contribution is 0.318. The van der Waals surface area contributed by atoms with Gasteiger partial charge in [0, 0.05) is 13.1 Å². The maximum absolute atomic E-state index is 8.62. The van der Waals surface area contributed by atoms with Crippen LogP contribution in [0.2, 0.25) is 0 Å². The predicted molar refractivity (Wildman–Crippen MR) is 69.5 cm³/mol. The largest absolute Gasteiger partial charge is 0.409 e. The molecule has 0 saturated carbocycles. The van der Waals surface area contributed by atoms with E-state index in [-0.39, 0.29) is 5.84 Å². The van der Waals surface area contributed by atoms with E-state index in [1.165, 1.54) is 0 Å². The number of nitrogens with two attached hydrogens (primary N) is 1. The highest BCUT2D eigenvalue weighted by Gasteiger charge is 2.11. The normalized spacial score (nSPS) is 13.5. The highest BCUT2D eigenvalue weighted by atomic mass is 16.4. The predicted octanol–water partition coefficient (Wildman–Crippen LogP) is 1.80. The molecule has 0 radical (unpaired) electrons. The quantitative estimate of drug-likeness (QED) is 0.354. The van der Waals surface area contributed by atoms with E-state index < -0.39 is 0 Å². The first kappa shape index (κ1) is 13.3. The standard InChI is InChI=1S/C12H20N4O/c1-4-6-9(2)16(3)11-8-5-7-10(14-11)12(13)15-17/h5,7-9,17H,4,6H2,1-3H3,(H2,13,15). The summed E-state index contributed by atoms with van der Waals surface area (Å²) < 4.78 is 0. The number of anilines is 1. The highest BCUT2D eigenvalue weighted by molar-refractivity contribution is 5.95. The second-order valence-electron chi connectivity index (χ2n) is 4.11. The summed E-state index contributed by atoms with van der Waals surface area (Å²) in [6.07, 6.45) is 2.23. The molecule has 0 spiro atoms. The lowest BCUT2D eigenvalue weighted by Crippen LogP contribution is -2.30. The molecule has 94 valence electrons. The zero-order valence-electron chi connectivity index (χ0n) is 10.6. The molecule has 0 aliphatic rings. The van der Waals surface area contributed by atoms with Crippen LogP contribution >= 0.6 is 0 Å². The summed E-state index contributed by atoms with van der Waals surface area (Å²) in [5.41, 5.74) is 6.00. The van der Waals surface area contributed by atoms with E-state index in [0.717, 1.165) is 18.7 Å². The van der Waals surface area contributed by atoms with Gasteiger partial charge in [0.05, 0.1) is 0 Å². The van der Waals surface area contributed by atoms with Crippen molar-refractivity contribution >= 4 is 11.7 Å². The Hall–Kier alpha value is -1.78. The van der Waals surface area contributed by atoms with Crippen LogP contribution < -0.4 is 10.6 Å². The molecule has 1 heterocycles. The molecule has 0 amide bonds. The van der Waals surface area contributed by atoms with E-state index >= 15 is 0 Å². The Morgan fingerprint density at radius 1 is 1.59 bits per heavy atom. The fraction of sp³-hybridized carbons (Fsp3) is 0.500. The summed E-state index contributed by atoms with van der Waals surface area (Å²) in [5.74, 6) is 0.860. The molecule has 1 aromatic rings. The Bertz CT molecular complexity index is 392. The summed E-state index contributed by atoms with van der Waals surface area (Å²) in [5, 5.41) is 11.6. The van der Waals surface area contributed by atoms with Gasteiger partial charge in [0.15, 0.2) is 5.84 Å². The number of hydrogen-bond donors (Lipinski definition) is 2. The lowest BCUT2D eigenvalue weighted by Gasteiger charge is -2.25. The van der Waals surface area contributed by atoms with Gasteiger partial charge in [-0.2, -0.15) is 0 Å². The van der Waals surface area contributed by atoms with Crippen molar-refractivity contribution in [2.24, 2.45) is 10.9 Å². The molecule has 0 fully saturated rings. The number of oxime groups is 1. The van der Waals surface area contributed by atoms with Crippen LogP contribution in [-0.2, 0) is 0 Å². The van der Waals surface area contributed by atoms with Gasteiger partial charge < -0.3 is 15.8 Å². The Kier molecular flexibility index (Phi) is 4.75. The second kappa shape index (κ2) is 6.08. The zero-order valence-corrected chi connectivity index (χ0v) is 10.6. The molecule has 17 heavy (non-hydrogen) atoms. The Labute approximate surface area is 102 Å². The first-order chi connectivity index (χ1) is 8.10. The van der Waals surface area contributed by atoms with Gasteiger partial charge in [0.1, 0.15) is 11.5 Å². The van der Waals surface area contributed by atoms with Crippen molar-refractivity contribution in [1.82, 2.24) is 4.98 Å². The van der Waals surface area contributed by atoms with Gasteiger partial charge >= 0.3 is 0 Å². The minimum atomic E-state index is 0.0309.